The fourth-order valence-corrected chi connectivity index (χ4v) is 2.72. The van der Waals surface area contributed by atoms with Gasteiger partial charge in [-0.05, 0) is 31.9 Å². The quantitative estimate of drug-likeness (QED) is 0.639. The molecular weight excluding hydrogens is 320 g/mol. The number of nitrogens with one attached hydrogen (secondary N) is 3. The van der Waals surface area contributed by atoms with Crippen molar-refractivity contribution in [2.75, 3.05) is 39.8 Å². The Bertz CT molecular complexity index is 554. The predicted molar refractivity (Wildman–Crippen MR) is 96.7 cm³/mol. The molecule has 0 saturated carbocycles. The second kappa shape index (κ2) is 9.88. The van der Waals surface area contributed by atoms with Crippen molar-refractivity contribution in [1.82, 2.24) is 20.9 Å². The second-order valence-electron chi connectivity index (χ2n) is 6.29. The van der Waals surface area contributed by atoms with Crippen LogP contribution in [0.5, 0.6) is 5.75 Å². The van der Waals surface area contributed by atoms with Crippen LogP contribution < -0.4 is 20.7 Å². The van der Waals surface area contributed by atoms with Gasteiger partial charge >= 0.3 is 6.03 Å². The SMILES string of the molecule is CNC(=O)CN1CCC(NC(=O)NCCOc2ccc(C)cc2)CC1. The minimum Gasteiger partial charge on any atom is -0.492 e. The molecule has 1 aliphatic rings. The molecule has 1 heterocycles. The van der Waals surface area contributed by atoms with Gasteiger partial charge in [0.15, 0.2) is 0 Å². The summed E-state index contributed by atoms with van der Waals surface area (Å²) < 4.78 is 5.58. The van der Waals surface area contributed by atoms with Crippen molar-refractivity contribution < 1.29 is 14.3 Å². The summed E-state index contributed by atoms with van der Waals surface area (Å²) in [6.07, 6.45) is 1.70. The first kappa shape index (κ1) is 19.1. The largest absolute Gasteiger partial charge is 0.492 e. The first-order valence-corrected chi connectivity index (χ1v) is 8.73. The van der Waals surface area contributed by atoms with Gasteiger partial charge in [-0.2, -0.15) is 0 Å². The third-order valence-corrected chi connectivity index (χ3v) is 4.25. The van der Waals surface area contributed by atoms with Crippen LogP contribution in [0.2, 0.25) is 0 Å². The lowest BCUT2D eigenvalue weighted by Crippen LogP contribution is -2.49. The van der Waals surface area contributed by atoms with E-state index in [0.717, 1.165) is 31.7 Å². The van der Waals surface area contributed by atoms with E-state index in [4.69, 9.17) is 4.74 Å². The third kappa shape index (κ3) is 7.01. The number of hydrogen-bond donors (Lipinski definition) is 3. The average molecular weight is 348 g/mol. The number of likely N-dealkylation sites (tertiary alicyclic amines) is 1. The summed E-state index contributed by atoms with van der Waals surface area (Å²) in [5.74, 6) is 0.828. The highest BCUT2D eigenvalue weighted by atomic mass is 16.5. The topological polar surface area (TPSA) is 82.7 Å². The average Bonchev–Trinajstić information content (AvgIpc) is 2.62. The lowest BCUT2D eigenvalue weighted by atomic mass is 10.1. The number of urea groups is 1. The molecule has 0 bridgehead atoms. The summed E-state index contributed by atoms with van der Waals surface area (Å²) in [7, 11) is 1.64. The van der Waals surface area contributed by atoms with Crippen LogP contribution in [-0.4, -0.2) is 62.7 Å². The summed E-state index contributed by atoms with van der Waals surface area (Å²) in [6.45, 7) is 4.96. The third-order valence-electron chi connectivity index (χ3n) is 4.25. The molecule has 1 aromatic carbocycles. The summed E-state index contributed by atoms with van der Waals surface area (Å²) >= 11 is 0. The zero-order valence-electron chi connectivity index (χ0n) is 15.0. The van der Waals surface area contributed by atoms with Gasteiger partial charge in [-0.1, -0.05) is 17.7 Å². The number of ether oxygens (including phenoxy) is 1. The van der Waals surface area contributed by atoms with Gasteiger partial charge in [0, 0.05) is 26.2 Å². The molecule has 0 unspecified atom stereocenters. The monoisotopic (exact) mass is 348 g/mol. The van der Waals surface area contributed by atoms with Gasteiger partial charge < -0.3 is 20.7 Å². The van der Waals surface area contributed by atoms with Crippen LogP contribution in [0.1, 0.15) is 18.4 Å². The van der Waals surface area contributed by atoms with Gasteiger partial charge in [0.05, 0.1) is 13.1 Å². The van der Waals surface area contributed by atoms with Gasteiger partial charge in [0.2, 0.25) is 5.91 Å². The number of carbonyl (C=O) groups excluding carboxylic acids is 2. The molecule has 1 aromatic rings. The number of rotatable bonds is 7. The van der Waals surface area contributed by atoms with Gasteiger partial charge in [0.1, 0.15) is 12.4 Å². The fourth-order valence-electron chi connectivity index (χ4n) is 2.72. The summed E-state index contributed by atoms with van der Waals surface area (Å²) in [5.41, 5.74) is 1.19. The van der Waals surface area contributed by atoms with Crippen LogP contribution in [0.3, 0.4) is 0 Å². The maximum absolute atomic E-state index is 11.9. The van der Waals surface area contributed by atoms with Crippen LogP contribution in [0.25, 0.3) is 0 Å². The van der Waals surface area contributed by atoms with E-state index in [-0.39, 0.29) is 18.0 Å². The Morgan fingerprint density at radius 3 is 2.52 bits per heavy atom. The van der Waals surface area contributed by atoms with Crippen molar-refractivity contribution >= 4 is 11.9 Å². The molecule has 1 aliphatic heterocycles. The molecule has 0 atom stereocenters. The molecule has 1 saturated heterocycles. The lowest BCUT2D eigenvalue weighted by molar-refractivity contribution is -0.122. The van der Waals surface area contributed by atoms with E-state index in [1.807, 2.05) is 31.2 Å². The molecule has 0 aliphatic carbocycles. The van der Waals surface area contributed by atoms with E-state index in [9.17, 15) is 9.59 Å². The van der Waals surface area contributed by atoms with Crippen molar-refractivity contribution in [3.8, 4) is 5.75 Å². The highest BCUT2D eigenvalue weighted by Gasteiger charge is 2.21. The van der Waals surface area contributed by atoms with Crippen molar-refractivity contribution in [2.24, 2.45) is 0 Å². The fraction of sp³-hybridized carbons (Fsp3) is 0.556. The summed E-state index contributed by atoms with van der Waals surface area (Å²) in [6, 6.07) is 7.80. The molecule has 1 fully saturated rings. The van der Waals surface area contributed by atoms with E-state index in [2.05, 4.69) is 20.9 Å². The maximum Gasteiger partial charge on any atom is 0.315 e. The van der Waals surface area contributed by atoms with Crippen LogP contribution in [0, 0.1) is 6.92 Å². The Morgan fingerprint density at radius 1 is 1.20 bits per heavy atom. The number of piperidine rings is 1. The minimum atomic E-state index is -0.169. The van der Waals surface area contributed by atoms with Crippen LogP contribution in [-0.2, 0) is 4.79 Å². The Hall–Kier alpha value is -2.28. The molecule has 3 amide bonds. The van der Waals surface area contributed by atoms with E-state index >= 15 is 0 Å². The van der Waals surface area contributed by atoms with Crippen LogP contribution in [0.15, 0.2) is 24.3 Å². The smallest absolute Gasteiger partial charge is 0.315 e. The molecule has 7 heteroatoms. The van der Waals surface area contributed by atoms with E-state index in [1.54, 1.807) is 7.05 Å². The number of benzene rings is 1. The molecule has 7 nitrogen and oxygen atoms in total. The van der Waals surface area contributed by atoms with E-state index in [0.29, 0.717) is 19.7 Å². The molecule has 138 valence electrons. The van der Waals surface area contributed by atoms with E-state index < -0.39 is 0 Å². The number of amides is 3. The van der Waals surface area contributed by atoms with E-state index in [1.165, 1.54) is 5.56 Å². The molecule has 0 radical (unpaired) electrons. The van der Waals surface area contributed by atoms with Crippen LogP contribution in [0.4, 0.5) is 4.79 Å². The number of nitrogens with zero attached hydrogens (tertiary/aromatic N) is 1. The van der Waals surface area contributed by atoms with Crippen molar-refractivity contribution in [2.45, 2.75) is 25.8 Å². The van der Waals surface area contributed by atoms with Crippen molar-refractivity contribution in [3.05, 3.63) is 29.8 Å². The summed E-state index contributed by atoms with van der Waals surface area (Å²) in [5, 5.41) is 8.42. The molecule has 3 N–H and O–H groups in total. The number of hydrogen-bond acceptors (Lipinski definition) is 4. The highest BCUT2D eigenvalue weighted by Crippen LogP contribution is 2.11. The van der Waals surface area contributed by atoms with Gasteiger partial charge in [-0.15, -0.1) is 0 Å². The summed E-state index contributed by atoms with van der Waals surface area (Å²) in [4.78, 5) is 25.4. The van der Waals surface area contributed by atoms with Crippen molar-refractivity contribution in [1.29, 1.82) is 0 Å². The zero-order chi connectivity index (χ0) is 18.1. The molecular formula is C18H28N4O3. The molecule has 0 aromatic heterocycles. The zero-order valence-corrected chi connectivity index (χ0v) is 15.0. The minimum absolute atomic E-state index is 0.0257. The Labute approximate surface area is 149 Å². The Kier molecular flexibility index (Phi) is 7.53. The predicted octanol–water partition coefficient (Wildman–Crippen LogP) is 0.883. The molecule has 25 heavy (non-hydrogen) atoms. The first-order valence-electron chi connectivity index (χ1n) is 8.73. The normalized spacial score (nSPS) is 15.4. The van der Waals surface area contributed by atoms with Gasteiger partial charge in [-0.3, -0.25) is 9.69 Å². The van der Waals surface area contributed by atoms with Gasteiger partial charge in [0.25, 0.3) is 0 Å². The Balaban J connectivity index is 1.56. The van der Waals surface area contributed by atoms with Crippen molar-refractivity contribution in [3.63, 3.8) is 0 Å². The highest BCUT2D eigenvalue weighted by molar-refractivity contribution is 5.77. The van der Waals surface area contributed by atoms with Gasteiger partial charge in [-0.25, -0.2) is 4.79 Å². The molecule has 0 spiro atoms. The second-order valence-corrected chi connectivity index (χ2v) is 6.29. The number of likely N-dealkylation sites (N-methyl/N-ethyl adjacent to an activating group) is 1. The first-order chi connectivity index (χ1) is 12.1. The standard InChI is InChI=1S/C18H28N4O3/c1-14-3-5-16(6-4-14)25-12-9-20-18(24)21-15-7-10-22(11-8-15)13-17(23)19-2/h3-6,15H,7-13H2,1-2H3,(H,19,23)(H2,20,21,24). The van der Waals surface area contributed by atoms with Crippen LogP contribution >= 0.6 is 0 Å². The Morgan fingerprint density at radius 2 is 1.88 bits per heavy atom. The maximum atomic E-state index is 11.9. The number of aryl methyl sites for hydroxylation is 1. The molecule has 2 rings (SSSR count). The lowest BCUT2D eigenvalue weighted by Gasteiger charge is -2.31. The number of carbonyl (C=O) groups is 2.